The second-order valence-corrected chi connectivity index (χ2v) is 10.5. The van der Waals surface area contributed by atoms with E-state index in [9.17, 15) is 0 Å². The van der Waals surface area contributed by atoms with Crippen molar-refractivity contribution < 1.29 is 0 Å². The first-order valence-corrected chi connectivity index (χ1v) is 13.8. The molecule has 0 aliphatic carbocycles. The third-order valence-corrected chi connectivity index (χ3v) is 7.01. The van der Waals surface area contributed by atoms with E-state index >= 15 is 0 Å². The molecule has 0 aromatic heterocycles. The quantitative estimate of drug-likeness (QED) is 0.199. The monoisotopic (exact) mass is 534 g/mol. The predicted molar refractivity (Wildman–Crippen MR) is 141 cm³/mol. The summed E-state index contributed by atoms with van der Waals surface area (Å²) < 4.78 is 2.39. The molecule has 0 nitrogen and oxygen atoms in total. The van der Waals surface area contributed by atoms with Crippen molar-refractivity contribution in [2.24, 2.45) is 0 Å². The third-order valence-electron chi connectivity index (χ3n) is 6.02. The lowest BCUT2D eigenvalue weighted by atomic mass is 9.90. The Labute approximate surface area is 202 Å². The zero-order valence-electron chi connectivity index (χ0n) is 19.1. The lowest BCUT2D eigenvalue weighted by Crippen LogP contribution is -1.96. The Kier molecular flexibility index (Phi) is 13.0. The molecule has 0 amide bonds. The fraction of sp³-hybridized carbons (Fsp3) is 0.571. The first-order valence-electron chi connectivity index (χ1n) is 12.2. The van der Waals surface area contributed by atoms with Crippen LogP contribution in [0.15, 0.2) is 45.3 Å². The van der Waals surface area contributed by atoms with Gasteiger partial charge in [-0.15, -0.1) is 0 Å². The van der Waals surface area contributed by atoms with Gasteiger partial charge in [-0.25, -0.2) is 0 Å². The predicted octanol–water partition coefficient (Wildman–Crippen LogP) is 10.7. The molecule has 0 fully saturated rings. The van der Waals surface area contributed by atoms with Gasteiger partial charge in [-0.05, 0) is 72.2 Å². The highest BCUT2D eigenvalue weighted by Gasteiger charge is 2.11. The summed E-state index contributed by atoms with van der Waals surface area (Å²) in [6.45, 7) is 4.57. The van der Waals surface area contributed by atoms with E-state index in [4.69, 9.17) is 0 Å². The maximum absolute atomic E-state index is 3.71. The summed E-state index contributed by atoms with van der Waals surface area (Å²) in [6, 6.07) is 13.7. The van der Waals surface area contributed by atoms with Crippen LogP contribution < -0.4 is 0 Å². The smallest absolute Gasteiger partial charge is 0.0178 e. The van der Waals surface area contributed by atoms with Crippen LogP contribution in [-0.2, 0) is 12.8 Å². The van der Waals surface area contributed by atoms with Gasteiger partial charge in [-0.1, -0.05) is 122 Å². The average Bonchev–Trinajstić information content (AvgIpc) is 2.74. The van der Waals surface area contributed by atoms with E-state index in [0.29, 0.717) is 0 Å². The van der Waals surface area contributed by atoms with Crippen molar-refractivity contribution in [1.82, 2.24) is 0 Å². The molecule has 0 saturated heterocycles. The molecule has 2 heteroatoms. The van der Waals surface area contributed by atoms with Gasteiger partial charge in [0.15, 0.2) is 0 Å². The average molecular weight is 536 g/mol. The summed E-state index contributed by atoms with van der Waals surface area (Å²) in [6.07, 6.45) is 18.5. The van der Waals surface area contributed by atoms with Crippen LogP contribution >= 0.6 is 31.9 Å². The molecule has 0 aliphatic heterocycles. The molecule has 2 aromatic carbocycles. The van der Waals surface area contributed by atoms with Crippen molar-refractivity contribution in [2.75, 3.05) is 0 Å². The lowest BCUT2D eigenvalue weighted by molar-refractivity contribution is 0.607. The van der Waals surface area contributed by atoms with Crippen LogP contribution in [0.25, 0.3) is 11.1 Å². The van der Waals surface area contributed by atoms with E-state index in [0.717, 1.165) is 0 Å². The van der Waals surface area contributed by atoms with Crippen molar-refractivity contribution >= 4 is 31.9 Å². The van der Waals surface area contributed by atoms with Crippen LogP contribution in [0.5, 0.6) is 0 Å². The van der Waals surface area contributed by atoms with E-state index < -0.39 is 0 Å². The zero-order chi connectivity index (χ0) is 21.6. The van der Waals surface area contributed by atoms with Gasteiger partial charge >= 0.3 is 0 Å². The Morgan fingerprint density at radius 2 is 0.867 bits per heavy atom. The van der Waals surface area contributed by atoms with Crippen molar-refractivity contribution in [1.29, 1.82) is 0 Å². The summed E-state index contributed by atoms with van der Waals surface area (Å²) >= 11 is 7.41. The maximum atomic E-state index is 3.71. The molecule has 0 N–H and O–H groups in total. The van der Waals surface area contributed by atoms with E-state index in [2.05, 4.69) is 82.1 Å². The number of aryl methyl sites for hydroxylation is 2. The minimum atomic E-state index is 1.17. The molecule has 0 unspecified atom stereocenters. The fourth-order valence-corrected chi connectivity index (χ4v) is 5.07. The van der Waals surface area contributed by atoms with Crippen molar-refractivity contribution in [3.05, 3.63) is 56.5 Å². The van der Waals surface area contributed by atoms with E-state index in [-0.39, 0.29) is 0 Å². The molecule has 0 spiro atoms. The van der Waals surface area contributed by atoms with Crippen LogP contribution in [0, 0.1) is 0 Å². The Morgan fingerprint density at radius 1 is 0.500 bits per heavy atom. The maximum Gasteiger partial charge on any atom is 0.0178 e. The molecule has 0 aliphatic rings. The standard InChI is InChI=1S/C28H40Br2/c1-3-5-7-9-11-13-15-23-21-25(29)17-19-27(23)28-20-18-26(30)22-24(28)16-14-12-10-8-6-4-2/h17-22H,3-16H2,1-2H3. The summed E-state index contributed by atoms with van der Waals surface area (Å²) in [5.41, 5.74) is 5.85. The minimum Gasteiger partial charge on any atom is -0.0654 e. The van der Waals surface area contributed by atoms with Crippen LogP contribution in [0.4, 0.5) is 0 Å². The molecule has 0 bridgehead atoms. The summed E-state index contributed by atoms with van der Waals surface area (Å²) in [5, 5.41) is 0. The van der Waals surface area contributed by atoms with Crippen molar-refractivity contribution in [3.63, 3.8) is 0 Å². The van der Waals surface area contributed by atoms with Gasteiger partial charge in [0.1, 0.15) is 0 Å². The lowest BCUT2D eigenvalue weighted by Gasteiger charge is -2.15. The molecule has 2 rings (SSSR count). The Morgan fingerprint density at radius 3 is 1.27 bits per heavy atom. The highest BCUT2D eigenvalue weighted by Crippen LogP contribution is 2.33. The minimum absolute atomic E-state index is 1.17. The Balaban J connectivity index is 2.07. The number of rotatable bonds is 15. The molecule has 0 radical (unpaired) electrons. The Hall–Kier alpha value is -0.600. The summed E-state index contributed by atoms with van der Waals surface area (Å²) in [7, 11) is 0. The molecule has 166 valence electrons. The number of hydrogen-bond acceptors (Lipinski definition) is 0. The number of unbranched alkanes of at least 4 members (excludes halogenated alkanes) is 10. The first-order chi connectivity index (χ1) is 14.7. The number of benzene rings is 2. The molecule has 0 atom stereocenters. The van der Waals surface area contributed by atoms with Crippen LogP contribution in [0.1, 0.15) is 102 Å². The van der Waals surface area contributed by atoms with E-state index in [1.807, 2.05) is 0 Å². The molecule has 0 heterocycles. The topological polar surface area (TPSA) is 0 Å². The van der Waals surface area contributed by atoms with Crippen LogP contribution in [0.3, 0.4) is 0 Å². The summed E-state index contributed by atoms with van der Waals surface area (Å²) in [4.78, 5) is 0. The second-order valence-electron chi connectivity index (χ2n) is 8.64. The molecular formula is C28H40Br2. The van der Waals surface area contributed by atoms with Gasteiger partial charge in [-0.3, -0.25) is 0 Å². The van der Waals surface area contributed by atoms with Gasteiger partial charge < -0.3 is 0 Å². The van der Waals surface area contributed by atoms with Crippen molar-refractivity contribution in [3.8, 4) is 11.1 Å². The number of hydrogen-bond donors (Lipinski definition) is 0. The third kappa shape index (κ3) is 9.27. The van der Waals surface area contributed by atoms with Gasteiger partial charge in [0, 0.05) is 8.95 Å². The highest BCUT2D eigenvalue weighted by molar-refractivity contribution is 9.10. The van der Waals surface area contributed by atoms with Gasteiger partial charge in [-0.2, -0.15) is 0 Å². The first kappa shape index (κ1) is 25.7. The molecule has 0 saturated carbocycles. The number of halogens is 2. The van der Waals surface area contributed by atoms with Crippen molar-refractivity contribution in [2.45, 2.75) is 104 Å². The molecule has 30 heavy (non-hydrogen) atoms. The summed E-state index contributed by atoms with van der Waals surface area (Å²) in [5.74, 6) is 0. The van der Waals surface area contributed by atoms with E-state index in [1.165, 1.54) is 121 Å². The molecule has 2 aromatic rings. The van der Waals surface area contributed by atoms with Crippen LogP contribution in [-0.4, -0.2) is 0 Å². The van der Waals surface area contributed by atoms with Gasteiger partial charge in [0.05, 0.1) is 0 Å². The molecular weight excluding hydrogens is 496 g/mol. The Bertz CT molecular complexity index is 672. The SMILES string of the molecule is CCCCCCCCc1cc(Br)ccc1-c1ccc(Br)cc1CCCCCCCC. The highest BCUT2D eigenvalue weighted by atomic mass is 79.9. The zero-order valence-corrected chi connectivity index (χ0v) is 22.3. The van der Waals surface area contributed by atoms with E-state index in [1.54, 1.807) is 0 Å². The fourth-order valence-electron chi connectivity index (χ4n) is 4.26. The van der Waals surface area contributed by atoms with Crippen LogP contribution in [0.2, 0.25) is 0 Å². The largest absolute Gasteiger partial charge is 0.0654 e. The van der Waals surface area contributed by atoms with Gasteiger partial charge in [0.2, 0.25) is 0 Å². The normalized spacial score (nSPS) is 11.2. The second kappa shape index (κ2) is 15.2. The van der Waals surface area contributed by atoms with Gasteiger partial charge in [0.25, 0.3) is 0 Å².